The number of rotatable bonds is 5. The maximum atomic E-state index is 13.8. The first-order valence-electron chi connectivity index (χ1n) is 9.54. The molecule has 1 aromatic carbocycles. The Kier molecular flexibility index (Phi) is 5.94. The summed E-state index contributed by atoms with van der Waals surface area (Å²) < 4.78 is 13.8. The van der Waals surface area contributed by atoms with Gasteiger partial charge in [0.2, 0.25) is 0 Å². The Morgan fingerprint density at radius 1 is 1.24 bits per heavy atom. The molecule has 0 aromatic heterocycles. The van der Waals surface area contributed by atoms with Gasteiger partial charge in [0.1, 0.15) is 5.82 Å². The number of carbonyl (C=O) groups excluding carboxylic acids is 1. The third-order valence-electron chi connectivity index (χ3n) is 5.77. The number of aliphatic hydroxyl groups is 1. The molecule has 2 N–H and O–H groups in total. The average Bonchev–Trinajstić information content (AvgIpc) is 3.04. The van der Waals surface area contributed by atoms with E-state index < -0.39 is 5.60 Å². The molecule has 0 radical (unpaired) electrons. The molecular formula is C20H29FN2O2. The van der Waals surface area contributed by atoms with Gasteiger partial charge in [-0.05, 0) is 56.1 Å². The molecule has 1 heterocycles. The van der Waals surface area contributed by atoms with Crippen LogP contribution >= 0.6 is 0 Å². The number of carbonyl (C=O) groups is 1. The van der Waals surface area contributed by atoms with E-state index in [0.29, 0.717) is 18.9 Å². The zero-order valence-corrected chi connectivity index (χ0v) is 14.8. The van der Waals surface area contributed by atoms with Crippen molar-refractivity contribution >= 4 is 6.03 Å². The summed E-state index contributed by atoms with van der Waals surface area (Å²) in [5.41, 5.74) is 0.204. The third-order valence-corrected chi connectivity index (χ3v) is 5.77. The molecule has 1 aliphatic heterocycles. The molecule has 5 heteroatoms. The lowest BCUT2D eigenvalue weighted by Crippen LogP contribution is -2.45. The number of nitrogens with zero attached hydrogens (tertiary/aromatic N) is 1. The molecule has 1 saturated heterocycles. The number of nitrogens with one attached hydrogen (secondary N) is 1. The van der Waals surface area contributed by atoms with Crippen LogP contribution in [0.15, 0.2) is 24.3 Å². The SMILES string of the molecule is O=C(NCCC1(O)CCCC1)N1CCC(Cc2ccccc2F)CC1. The van der Waals surface area contributed by atoms with Crippen molar-refractivity contribution in [3.8, 4) is 0 Å². The molecule has 25 heavy (non-hydrogen) atoms. The van der Waals surface area contributed by atoms with Gasteiger partial charge in [0, 0.05) is 19.6 Å². The van der Waals surface area contributed by atoms with Gasteiger partial charge in [-0.1, -0.05) is 31.0 Å². The minimum Gasteiger partial charge on any atom is -0.390 e. The second-order valence-corrected chi connectivity index (χ2v) is 7.64. The Balaban J connectivity index is 1.38. The lowest BCUT2D eigenvalue weighted by atomic mass is 9.90. The van der Waals surface area contributed by atoms with Gasteiger partial charge < -0.3 is 15.3 Å². The van der Waals surface area contributed by atoms with Gasteiger partial charge in [-0.3, -0.25) is 0 Å². The zero-order valence-electron chi connectivity index (χ0n) is 14.8. The quantitative estimate of drug-likeness (QED) is 0.856. The van der Waals surface area contributed by atoms with E-state index in [1.54, 1.807) is 6.07 Å². The summed E-state index contributed by atoms with van der Waals surface area (Å²) in [6.07, 6.45) is 7.07. The Morgan fingerprint density at radius 3 is 2.60 bits per heavy atom. The molecule has 0 bridgehead atoms. The number of likely N-dealkylation sites (tertiary alicyclic amines) is 1. The predicted molar refractivity (Wildman–Crippen MR) is 95.8 cm³/mol. The highest BCUT2D eigenvalue weighted by atomic mass is 19.1. The fourth-order valence-electron chi connectivity index (χ4n) is 4.11. The first-order valence-corrected chi connectivity index (χ1v) is 9.54. The Morgan fingerprint density at radius 2 is 1.92 bits per heavy atom. The molecule has 0 atom stereocenters. The largest absolute Gasteiger partial charge is 0.390 e. The van der Waals surface area contributed by atoms with Crippen LogP contribution in [0.1, 0.15) is 50.5 Å². The molecule has 138 valence electrons. The van der Waals surface area contributed by atoms with E-state index >= 15 is 0 Å². The van der Waals surface area contributed by atoms with Gasteiger partial charge in [0.25, 0.3) is 0 Å². The fraction of sp³-hybridized carbons (Fsp3) is 0.650. The first kappa shape index (κ1) is 18.2. The van der Waals surface area contributed by atoms with Crippen LogP contribution in [0.3, 0.4) is 0 Å². The van der Waals surface area contributed by atoms with Gasteiger partial charge in [-0.25, -0.2) is 9.18 Å². The number of amides is 2. The van der Waals surface area contributed by atoms with E-state index in [0.717, 1.165) is 63.6 Å². The van der Waals surface area contributed by atoms with Gasteiger partial charge in [0.15, 0.2) is 0 Å². The summed E-state index contributed by atoms with van der Waals surface area (Å²) >= 11 is 0. The highest BCUT2D eigenvalue weighted by Gasteiger charge is 2.31. The Labute approximate surface area is 149 Å². The molecule has 1 saturated carbocycles. The zero-order chi connectivity index (χ0) is 17.7. The van der Waals surface area contributed by atoms with Gasteiger partial charge in [0.05, 0.1) is 5.60 Å². The summed E-state index contributed by atoms with van der Waals surface area (Å²) in [7, 11) is 0. The number of urea groups is 1. The van der Waals surface area contributed by atoms with E-state index in [1.807, 2.05) is 17.0 Å². The second kappa shape index (κ2) is 8.17. The molecule has 0 unspecified atom stereocenters. The van der Waals surface area contributed by atoms with Crippen molar-refractivity contribution in [2.75, 3.05) is 19.6 Å². The molecular weight excluding hydrogens is 319 g/mol. The van der Waals surface area contributed by atoms with Crippen molar-refractivity contribution in [3.05, 3.63) is 35.6 Å². The topological polar surface area (TPSA) is 52.6 Å². The van der Waals surface area contributed by atoms with Gasteiger partial charge >= 0.3 is 6.03 Å². The normalized spacial score (nSPS) is 20.6. The summed E-state index contributed by atoms with van der Waals surface area (Å²) in [5, 5.41) is 13.3. The Bertz CT molecular complexity index is 579. The number of hydrogen-bond acceptors (Lipinski definition) is 2. The number of hydrogen-bond donors (Lipinski definition) is 2. The molecule has 2 amide bonds. The molecule has 2 aliphatic rings. The minimum atomic E-state index is -0.569. The Hall–Kier alpha value is -1.62. The van der Waals surface area contributed by atoms with Gasteiger partial charge in [-0.15, -0.1) is 0 Å². The monoisotopic (exact) mass is 348 g/mol. The highest BCUT2D eigenvalue weighted by molar-refractivity contribution is 5.74. The maximum Gasteiger partial charge on any atom is 0.317 e. The van der Waals surface area contributed by atoms with Crippen LogP contribution in [-0.2, 0) is 6.42 Å². The van der Waals surface area contributed by atoms with E-state index in [2.05, 4.69) is 5.32 Å². The van der Waals surface area contributed by atoms with Crippen molar-refractivity contribution in [2.45, 2.75) is 57.0 Å². The van der Waals surface area contributed by atoms with Crippen molar-refractivity contribution < 1.29 is 14.3 Å². The van der Waals surface area contributed by atoms with Crippen molar-refractivity contribution in [1.82, 2.24) is 10.2 Å². The molecule has 1 aliphatic carbocycles. The van der Waals surface area contributed by atoms with Crippen LogP contribution < -0.4 is 5.32 Å². The smallest absolute Gasteiger partial charge is 0.317 e. The molecule has 3 rings (SSSR count). The standard InChI is InChI=1S/C20H29FN2O2/c21-18-6-2-1-5-17(18)15-16-7-13-23(14-8-16)19(24)22-12-11-20(25)9-3-4-10-20/h1-2,5-6,16,25H,3-4,7-15H2,(H,22,24). The number of halogens is 1. The van der Waals surface area contributed by atoms with E-state index in [4.69, 9.17) is 0 Å². The van der Waals surface area contributed by atoms with Crippen LogP contribution in [0.2, 0.25) is 0 Å². The van der Waals surface area contributed by atoms with Crippen LogP contribution in [0.4, 0.5) is 9.18 Å². The fourth-order valence-corrected chi connectivity index (χ4v) is 4.11. The maximum absolute atomic E-state index is 13.8. The summed E-state index contributed by atoms with van der Waals surface area (Å²) in [6.45, 7) is 1.97. The minimum absolute atomic E-state index is 0.0362. The average molecular weight is 348 g/mol. The summed E-state index contributed by atoms with van der Waals surface area (Å²) in [5.74, 6) is 0.299. The molecule has 0 spiro atoms. The predicted octanol–water partition coefficient (Wildman–Crippen LogP) is 3.49. The first-order chi connectivity index (χ1) is 12.1. The molecule has 4 nitrogen and oxygen atoms in total. The van der Waals surface area contributed by atoms with Crippen LogP contribution in [0.25, 0.3) is 0 Å². The van der Waals surface area contributed by atoms with Crippen molar-refractivity contribution in [1.29, 1.82) is 0 Å². The second-order valence-electron chi connectivity index (χ2n) is 7.64. The van der Waals surface area contributed by atoms with E-state index in [9.17, 15) is 14.3 Å². The lowest BCUT2D eigenvalue weighted by molar-refractivity contribution is 0.0394. The van der Waals surface area contributed by atoms with E-state index in [-0.39, 0.29) is 11.8 Å². The third kappa shape index (κ3) is 4.94. The van der Waals surface area contributed by atoms with Crippen LogP contribution in [0.5, 0.6) is 0 Å². The molecule has 1 aromatic rings. The van der Waals surface area contributed by atoms with Crippen molar-refractivity contribution in [2.24, 2.45) is 5.92 Å². The lowest BCUT2D eigenvalue weighted by Gasteiger charge is -2.32. The van der Waals surface area contributed by atoms with Crippen molar-refractivity contribution in [3.63, 3.8) is 0 Å². The summed E-state index contributed by atoms with van der Waals surface area (Å²) in [4.78, 5) is 14.1. The highest BCUT2D eigenvalue weighted by Crippen LogP contribution is 2.31. The summed E-state index contributed by atoms with van der Waals surface area (Å²) in [6, 6.07) is 6.91. The number of piperidine rings is 1. The van der Waals surface area contributed by atoms with Crippen LogP contribution in [0, 0.1) is 11.7 Å². The van der Waals surface area contributed by atoms with Crippen LogP contribution in [-0.4, -0.2) is 41.3 Å². The van der Waals surface area contributed by atoms with Gasteiger partial charge in [-0.2, -0.15) is 0 Å². The van der Waals surface area contributed by atoms with E-state index in [1.165, 1.54) is 6.07 Å². The number of benzene rings is 1. The molecule has 2 fully saturated rings.